The molecular formula is C15H15N3O3. The molecule has 0 unspecified atom stereocenters. The van der Waals surface area contributed by atoms with Crippen molar-refractivity contribution < 1.29 is 9.21 Å². The maximum atomic E-state index is 12.0. The first-order valence-corrected chi connectivity index (χ1v) is 6.50. The summed E-state index contributed by atoms with van der Waals surface area (Å²) in [4.78, 5) is 24.0. The fourth-order valence-electron chi connectivity index (χ4n) is 2.38. The summed E-state index contributed by atoms with van der Waals surface area (Å²) in [5.74, 6) is -0.0696. The Morgan fingerprint density at radius 3 is 2.48 bits per heavy atom. The first-order chi connectivity index (χ1) is 9.99. The summed E-state index contributed by atoms with van der Waals surface area (Å²) >= 11 is 0. The SMILES string of the molecule is Cc1cc2c(cc1NC(=O)c1ccco1)n(C)c(=O)n2C. The molecule has 3 aromatic rings. The highest BCUT2D eigenvalue weighted by molar-refractivity contribution is 6.03. The van der Waals surface area contributed by atoms with Crippen molar-refractivity contribution in [3.63, 3.8) is 0 Å². The molecule has 0 spiro atoms. The van der Waals surface area contributed by atoms with Crippen molar-refractivity contribution in [1.29, 1.82) is 0 Å². The molecule has 6 heteroatoms. The maximum Gasteiger partial charge on any atom is 0.328 e. The van der Waals surface area contributed by atoms with Crippen LogP contribution in [0.25, 0.3) is 11.0 Å². The third kappa shape index (κ3) is 2.05. The minimum absolute atomic E-state index is 0.0982. The standard InChI is InChI=1S/C15H15N3O3/c1-9-7-11-12(18(3)15(20)17(11)2)8-10(9)16-14(19)13-5-4-6-21-13/h4-8H,1-3H3,(H,16,19). The Kier molecular flexibility index (Phi) is 2.94. The van der Waals surface area contributed by atoms with Crippen molar-refractivity contribution in [3.8, 4) is 0 Å². The van der Waals surface area contributed by atoms with Crippen LogP contribution in [0.15, 0.2) is 39.7 Å². The predicted octanol–water partition coefficient (Wildman–Crippen LogP) is 2.03. The lowest BCUT2D eigenvalue weighted by atomic mass is 10.1. The number of nitrogens with zero attached hydrogens (tertiary/aromatic N) is 2. The average molecular weight is 285 g/mol. The number of hydrogen-bond acceptors (Lipinski definition) is 3. The van der Waals surface area contributed by atoms with Crippen molar-refractivity contribution in [3.05, 3.63) is 52.3 Å². The number of benzene rings is 1. The van der Waals surface area contributed by atoms with Crippen LogP contribution in [0.4, 0.5) is 5.69 Å². The zero-order chi connectivity index (χ0) is 15.1. The van der Waals surface area contributed by atoms with Gasteiger partial charge < -0.3 is 9.73 Å². The summed E-state index contributed by atoms with van der Waals surface area (Å²) in [5.41, 5.74) is 3.03. The molecule has 1 amide bonds. The Balaban J connectivity index is 2.07. The van der Waals surface area contributed by atoms with E-state index in [2.05, 4.69) is 5.32 Å². The number of carbonyl (C=O) groups is 1. The molecule has 0 radical (unpaired) electrons. The van der Waals surface area contributed by atoms with Gasteiger partial charge in [0.25, 0.3) is 5.91 Å². The Hall–Kier alpha value is -2.76. The number of hydrogen-bond donors (Lipinski definition) is 1. The number of fused-ring (bicyclic) bond motifs is 1. The van der Waals surface area contributed by atoms with Gasteiger partial charge in [0.15, 0.2) is 5.76 Å². The molecule has 0 bridgehead atoms. The van der Waals surface area contributed by atoms with Crippen LogP contribution in [0.5, 0.6) is 0 Å². The van der Waals surface area contributed by atoms with Crippen LogP contribution in [-0.2, 0) is 14.1 Å². The van der Waals surface area contributed by atoms with Crippen LogP contribution < -0.4 is 11.0 Å². The van der Waals surface area contributed by atoms with Crippen LogP contribution in [0.1, 0.15) is 16.1 Å². The molecule has 0 aliphatic carbocycles. The van der Waals surface area contributed by atoms with E-state index >= 15 is 0 Å². The Bertz CT molecular complexity index is 885. The summed E-state index contributed by atoms with van der Waals surface area (Å²) < 4.78 is 8.21. The van der Waals surface area contributed by atoms with Gasteiger partial charge in [-0.15, -0.1) is 0 Å². The molecule has 21 heavy (non-hydrogen) atoms. The molecular weight excluding hydrogens is 270 g/mol. The topological polar surface area (TPSA) is 69.2 Å². The van der Waals surface area contributed by atoms with E-state index in [0.717, 1.165) is 16.6 Å². The van der Waals surface area contributed by atoms with E-state index in [-0.39, 0.29) is 17.4 Å². The fourth-order valence-corrected chi connectivity index (χ4v) is 2.38. The van der Waals surface area contributed by atoms with Crippen molar-refractivity contribution in [2.75, 3.05) is 5.32 Å². The molecule has 6 nitrogen and oxygen atoms in total. The second-order valence-electron chi connectivity index (χ2n) is 4.99. The monoisotopic (exact) mass is 285 g/mol. The predicted molar refractivity (Wildman–Crippen MR) is 79.6 cm³/mol. The number of imidazole rings is 1. The van der Waals surface area contributed by atoms with Crippen molar-refractivity contribution in [1.82, 2.24) is 9.13 Å². The van der Waals surface area contributed by atoms with Crippen molar-refractivity contribution in [2.24, 2.45) is 14.1 Å². The van der Waals surface area contributed by atoms with E-state index in [1.807, 2.05) is 13.0 Å². The van der Waals surface area contributed by atoms with Gasteiger partial charge in [0.05, 0.1) is 17.3 Å². The molecule has 1 N–H and O–H groups in total. The second kappa shape index (κ2) is 4.66. The Labute approximate surface area is 120 Å². The number of carbonyl (C=O) groups excluding carboxylic acids is 1. The van der Waals surface area contributed by atoms with Gasteiger partial charge in [0.1, 0.15) is 0 Å². The molecule has 0 saturated carbocycles. The molecule has 2 heterocycles. The second-order valence-corrected chi connectivity index (χ2v) is 4.99. The summed E-state index contributed by atoms with van der Waals surface area (Å²) in [6.45, 7) is 1.88. The minimum atomic E-state index is -0.316. The quantitative estimate of drug-likeness (QED) is 0.783. The van der Waals surface area contributed by atoms with Gasteiger partial charge in [-0.2, -0.15) is 0 Å². The summed E-state index contributed by atoms with van der Waals surface area (Å²) in [6.07, 6.45) is 1.45. The molecule has 3 rings (SSSR count). The third-order valence-electron chi connectivity index (χ3n) is 3.61. The highest BCUT2D eigenvalue weighted by Crippen LogP contribution is 2.23. The summed E-state index contributed by atoms with van der Waals surface area (Å²) in [7, 11) is 3.43. The zero-order valence-electron chi connectivity index (χ0n) is 12.0. The van der Waals surface area contributed by atoms with Gasteiger partial charge in [-0.25, -0.2) is 4.79 Å². The number of anilines is 1. The number of aryl methyl sites for hydroxylation is 3. The lowest BCUT2D eigenvalue weighted by Gasteiger charge is -2.08. The van der Waals surface area contributed by atoms with Crippen molar-refractivity contribution >= 4 is 22.6 Å². The fraction of sp³-hybridized carbons (Fsp3) is 0.200. The largest absolute Gasteiger partial charge is 0.459 e. The average Bonchev–Trinajstić information content (AvgIpc) is 3.06. The van der Waals surface area contributed by atoms with Gasteiger partial charge in [-0.05, 0) is 36.8 Å². The van der Waals surface area contributed by atoms with Gasteiger partial charge in [-0.1, -0.05) is 0 Å². The van der Waals surface area contributed by atoms with Crippen LogP contribution >= 0.6 is 0 Å². The number of aromatic nitrogens is 2. The minimum Gasteiger partial charge on any atom is -0.459 e. The van der Waals surface area contributed by atoms with Gasteiger partial charge in [0, 0.05) is 19.8 Å². The van der Waals surface area contributed by atoms with Crippen LogP contribution in [0, 0.1) is 6.92 Å². The third-order valence-corrected chi connectivity index (χ3v) is 3.61. The summed E-state index contributed by atoms with van der Waals surface area (Å²) in [5, 5.41) is 2.80. The van der Waals surface area contributed by atoms with Crippen LogP contribution in [-0.4, -0.2) is 15.0 Å². The molecule has 0 aliphatic heterocycles. The van der Waals surface area contributed by atoms with E-state index in [9.17, 15) is 9.59 Å². The molecule has 108 valence electrons. The molecule has 2 aromatic heterocycles. The van der Waals surface area contributed by atoms with E-state index < -0.39 is 0 Å². The van der Waals surface area contributed by atoms with E-state index in [4.69, 9.17) is 4.42 Å². The van der Waals surface area contributed by atoms with Gasteiger partial charge >= 0.3 is 5.69 Å². The first kappa shape index (κ1) is 13.2. The van der Waals surface area contributed by atoms with E-state index in [0.29, 0.717) is 5.69 Å². The normalized spacial score (nSPS) is 11.0. The smallest absolute Gasteiger partial charge is 0.328 e. The number of furan rings is 1. The Morgan fingerprint density at radius 2 is 1.86 bits per heavy atom. The molecule has 0 aliphatic rings. The van der Waals surface area contributed by atoms with Crippen LogP contribution in [0.3, 0.4) is 0 Å². The number of rotatable bonds is 2. The number of amides is 1. The summed E-state index contributed by atoms with van der Waals surface area (Å²) in [6, 6.07) is 6.94. The molecule has 0 saturated heterocycles. The number of nitrogens with one attached hydrogen (secondary N) is 1. The van der Waals surface area contributed by atoms with Crippen LogP contribution in [0.2, 0.25) is 0 Å². The Morgan fingerprint density at radius 1 is 1.19 bits per heavy atom. The highest BCUT2D eigenvalue weighted by atomic mass is 16.3. The van der Waals surface area contributed by atoms with E-state index in [1.165, 1.54) is 6.26 Å². The lowest BCUT2D eigenvalue weighted by molar-refractivity contribution is 0.0996. The van der Waals surface area contributed by atoms with Gasteiger partial charge in [0.2, 0.25) is 0 Å². The lowest BCUT2D eigenvalue weighted by Crippen LogP contribution is -2.19. The molecule has 1 aromatic carbocycles. The van der Waals surface area contributed by atoms with E-state index in [1.54, 1.807) is 41.4 Å². The first-order valence-electron chi connectivity index (χ1n) is 6.50. The molecule has 0 fully saturated rings. The zero-order valence-corrected chi connectivity index (χ0v) is 12.0. The maximum absolute atomic E-state index is 12.0. The molecule has 0 atom stereocenters. The highest BCUT2D eigenvalue weighted by Gasteiger charge is 2.14. The van der Waals surface area contributed by atoms with Gasteiger partial charge in [-0.3, -0.25) is 13.9 Å². The van der Waals surface area contributed by atoms with Crippen molar-refractivity contribution in [2.45, 2.75) is 6.92 Å².